The smallest absolute Gasteiger partial charge is 0.333 e. The van der Waals surface area contributed by atoms with Crippen molar-refractivity contribution >= 4 is 21.9 Å². The van der Waals surface area contributed by atoms with Crippen molar-refractivity contribution in [2.45, 2.75) is 13.0 Å². The van der Waals surface area contributed by atoms with Gasteiger partial charge in [0.1, 0.15) is 0 Å². The molecule has 0 unspecified atom stereocenters. The summed E-state index contributed by atoms with van der Waals surface area (Å²) in [7, 11) is 0. The lowest BCUT2D eigenvalue weighted by Crippen LogP contribution is -2.25. The van der Waals surface area contributed by atoms with Gasteiger partial charge in [-0.3, -0.25) is 0 Å². The molecule has 0 aliphatic carbocycles. The molecule has 1 N–H and O–H groups in total. The van der Waals surface area contributed by atoms with E-state index in [1.807, 2.05) is 0 Å². The number of hydrogen-bond donors (Lipinski definition) is 1. The van der Waals surface area contributed by atoms with Gasteiger partial charge in [-0.2, -0.15) is 0 Å². The molecule has 0 aromatic heterocycles. The van der Waals surface area contributed by atoms with Gasteiger partial charge in [0, 0.05) is 11.9 Å². The average molecular weight is 197 g/mol. The average Bonchev–Trinajstić information content (AvgIpc) is 1.82. The van der Waals surface area contributed by atoms with Crippen LogP contribution in [0.1, 0.15) is 6.92 Å². The Morgan fingerprint density at radius 2 is 2.44 bits per heavy atom. The van der Waals surface area contributed by atoms with E-state index in [1.54, 1.807) is 6.92 Å². The summed E-state index contributed by atoms with van der Waals surface area (Å²) in [5, 5.41) is 8.69. The Morgan fingerprint density at radius 1 is 1.89 bits per heavy atom. The van der Waals surface area contributed by atoms with Gasteiger partial charge in [-0.15, -0.1) is 0 Å². The van der Waals surface area contributed by atoms with Crippen LogP contribution < -0.4 is 0 Å². The van der Waals surface area contributed by atoms with Crippen molar-refractivity contribution in [3.63, 3.8) is 0 Å². The lowest BCUT2D eigenvalue weighted by Gasteiger charge is -2.06. The zero-order chi connectivity index (χ0) is 7.28. The first-order valence-electron chi connectivity index (χ1n) is 2.62. The van der Waals surface area contributed by atoms with E-state index in [0.717, 1.165) is 0 Å². The lowest BCUT2D eigenvalue weighted by molar-refractivity contribution is -0.148. The number of halogens is 1. The number of rotatable bonds is 4. The zero-order valence-corrected chi connectivity index (χ0v) is 6.72. The first-order valence-corrected chi connectivity index (χ1v) is 3.74. The molecule has 0 fully saturated rings. The molecule has 0 saturated carbocycles. The van der Waals surface area contributed by atoms with Crippen molar-refractivity contribution < 1.29 is 14.6 Å². The zero-order valence-electron chi connectivity index (χ0n) is 5.13. The summed E-state index contributed by atoms with van der Waals surface area (Å²) in [6.45, 7) is 2.20. The molecule has 54 valence electrons. The molecule has 0 aliphatic rings. The summed E-state index contributed by atoms with van der Waals surface area (Å²) < 4.78 is 4.81. The highest BCUT2D eigenvalue weighted by Gasteiger charge is 2.14. The third-order valence-corrected chi connectivity index (χ3v) is 1.37. The molecule has 0 bridgehead atoms. The third-order valence-electron chi connectivity index (χ3n) is 0.783. The normalized spacial score (nSPS) is 13.1. The molecule has 9 heavy (non-hydrogen) atoms. The predicted molar refractivity (Wildman–Crippen MR) is 36.8 cm³/mol. The van der Waals surface area contributed by atoms with Crippen molar-refractivity contribution in [1.29, 1.82) is 0 Å². The molecule has 0 heterocycles. The maximum absolute atomic E-state index is 10.2. The van der Waals surface area contributed by atoms with Gasteiger partial charge in [-0.1, -0.05) is 15.9 Å². The monoisotopic (exact) mass is 196 g/mol. The Kier molecular flexibility index (Phi) is 4.71. The van der Waals surface area contributed by atoms with Gasteiger partial charge >= 0.3 is 5.97 Å². The van der Waals surface area contributed by atoms with E-state index in [4.69, 9.17) is 9.84 Å². The van der Waals surface area contributed by atoms with E-state index >= 15 is 0 Å². The Labute approximate surface area is 62.1 Å². The molecule has 0 aromatic carbocycles. The number of hydrogen-bond acceptors (Lipinski definition) is 2. The fraction of sp³-hybridized carbons (Fsp3) is 0.800. The minimum Gasteiger partial charge on any atom is -0.479 e. The van der Waals surface area contributed by atoms with Crippen LogP contribution in [0.2, 0.25) is 0 Å². The number of alkyl halides is 1. The molecule has 3 nitrogen and oxygen atoms in total. The van der Waals surface area contributed by atoms with Crippen LogP contribution >= 0.6 is 15.9 Å². The maximum Gasteiger partial charge on any atom is 0.333 e. The minimum atomic E-state index is -0.922. The number of carboxylic acids is 1. The highest BCUT2D eigenvalue weighted by molar-refractivity contribution is 9.09. The van der Waals surface area contributed by atoms with Crippen molar-refractivity contribution in [2.75, 3.05) is 11.9 Å². The van der Waals surface area contributed by atoms with Gasteiger partial charge in [-0.25, -0.2) is 4.79 Å². The molecule has 0 rings (SSSR count). The largest absolute Gasteiger partial charge is 0.479 e. The Hall–Kier alpha value is -0.0900. The topological polar surface area (TPSA) is 46.5 Å². The quantitative estimate of drug-likeness (QED) is 0.680. The number of aliphatic carboxylic acids is 1. The van der Waals surface area contributed by atoms with E-state index < -0.39 is 12.1 Å². The van der Waals surface area contributed by atoms with Crippen LogP contribution in [-0.4, -0.2) is 29.1 Å². The standard InChI is InChI=1S/C5H9BrO3/c1-2-9-4(3-6)5(7)8/h4H,2-3H2,1H3,(H,7,8)/t4-/m0/s1. The second-order valence-electron chi connectivity index (χ2n) is 1.44. The van der Waals surface area contributed by atoms with Gasteiger partial charge in [-0.05, 0) is 6.92 Å². The van der Waals surface area contributed by atoms with Gasteiger partial charge in [0.05, 0.1) is 0 Å². The van der Waals surface area contributed by atoms with E-state index in [9.17, 15) is 4.79 Å². The summed E-state index contributed by atoms with van der Waals surface area (Å²) in [6.07, 6.45) is -0.699. The molecule has 0 spiro atoms. The van der Waals surface area contributed by atoms with Gasteiger partial charge in [0.15, 0.2) is 6.10 Å². The second kappa shape index (κ2) is 4.76. The van der Waals surface area contributed by atoms with Crippen molar-refractivity contribution in [1.82, 2.24) is 0 Å². The fourth-order valence-corrected chi connectivity index (χ4v) is 0.847. The van der Waals surface area contributed by atoms with E-state index in [0.29, 0.717) is 11.9 Å². The van der Waals surface area contributed by atoms with Crippen LogP contribution in [0.4, 0.5) is 0 Å². The molecule has 0 aromatic rings. The molecular weight excluding hydrogens is 188 g/mol. The SMILES string of the molecule is CCO[C@@H](CBr)C(=O)O. The molecule has 0 radical (unpaired) electrons. The fourth-order valence-electron chi connectivity index (χ4n) is 0.383. The van der Waals surface area contributed by atoms with Crippen LogP contribution in [0, 0.1) is 0 Å². The number of carbonyl (C=O) groups is 1. The first kappa shape index (κ1) is 8.91. The van der Waals surface area contributed by atoms with E-state index in [-0.39, 0.29) is 0 Å². The molecule has 0 amide bonds. The molecular formula is C5H9BrO3. The Bertz CT molecular complexity index is 94.2. The number of carboxylic acid groups (broad SMARTS) is 1. The summed E-state index contributed by atoms with van der Waals surface area (Å²) in [6, 6.07) is 0. The Balaban J connectivity index is 3.54. The highest BCUT2D eigenvalue weighted by Crippen LogP contribution is 1.96. The third kappa shape index (κ3) is 3.48. The molecule has 0 aliphatic heterocycles. The van der Waals surface area contributed by atoms with Gasteiger partial charge in [0.2, 0.25) is 0 Å². The van der Waals surface area contributed by atoms with Crippen LogP contribution in [0.15, 0.2) is 0 Å². The van der Waals surface area contributed by atoms with E-state index in [2.05, 4.69) is 15.9 Å². The summed E-state index contributed by atoms with van der Waals surface area (Å²) >= 11 is 3.01. The van der Waals surface area contributed by atoms with Gasteiger partial charge in [0.25, 0.3) is 0 Å². The van der Waals surface area contributed by atoms with Crippen molar-refractivity contribution in [3.8, 4) is 0 Å². The minimum absolute atomic E-state index is 0.343. The molecule has 4 heteroatoms. The van der Waals surface area contributed by atoms with Gasteiger partial charge < -0.3 is 9.84 Å². The summed E-state index contributed by atoms with van der Waals surface area (Å²) in [5.41, 5.74) is 0. The predicted octanol–water partition coefficient (Wildman–Crippen LogP) is 0.871. The highest BCUT2D eigenvalue weighted by atomic mass is 79.9. The van der Waals surface area contributed by atoms with Crippen molar-refractivity contribution in [3.05, 3.63) is 0 Å². The summed E-state index contributed by atoms with van der Waals surface area (Å²) in [5.74, 6) is -0.922. The van der Waals surface area contributed by atoms with Crippen molar-refractivity contribution in [2.24, 2.45) is 0 Å². The summed E-state index contributed by atoms with van der Waals surface area (Å²) in [4.78, 5) is 10.2. The van der Waals surface area contributed by atoms with Crippen LogP contribution in [0.5, 0.6) is 0 Å². The van der Waals surface area contributed by atoms with Crippen LogP contribution in [-0.2, 0) is 9.53 Å². The van der Waals surface area contributed by atoms with Crippen LogP contribution in [0.3, 0.4) is 0 Å². The Morgan fingerprint density at radius 3 is 2.56 bits per heavy atom. The number of ether oxygens (including phenoxy) is 1. The lowest BCUT2D eigenvalue weighted by atomic mass is 10.4. The van der Waals surface area contributed by atoms with E-state index in [1.165, 1.54) is 0 Å². The molecule has 0 saturated heterocycles. The second-order valence-corrected chi connectivity index (χ2v) is 2.08. The first-order chi connectivity index (χ1) is 4.22. The molecule has 1 atom stereocenters. The van der Waals surface area contributed by atoms with Crippen LogP contribution in [0.25, 0.3) is 0 Å². The maximum atomic E-state index is 10.2.